The summed E-state index contributed by atoms with van der Waals surface area (Å²) in [7, 11) is 0. The first kappa shape index (κ1) is 43.9. The van der Waals surface area contributed by atoms with Crippen molar-refractivity contribution in [3.8, 4) is 44.5 Å². The molecule has 4 aromatic heterocycles. The Kier molecular flexibility index (Phi) is 15.0. The molecule has 0 unspecified atom stereocenters. The van der Waals surface area contributed by atoms with E-state index in [1.807, 2.05) is 0 Å². The van der Waals surface area contributed by atoms with Crippen LogP contribution in [0.25, 0.3) is 44.5 Å². The quantitative estimate of drug-likeness (QED) is 0.0679. The highest BCUT2D eigenvalue weighted by atomic mass is 14.9. The zero-order valence-corrected chi connectivity index (χ0v) is 38.2. The number of rotatable bonds is 20. The number of hydrogen-bond donors (Lipinski definition) is 0. The van der Waals surface area contributed by atoms with Crippen LogP contribution in [0.4, 0.5) is 0 Å². The van der Waals surface area contributed by atoms with Crippen molar-refractivity contribution in [2.45, 2.75) is 77.5 Å². The van der Waals surface area contributed by atoms with Gasteiger partial charge in [-0.3, -0.25) is 0 Å². The molecular formula is C62H62N4+4. The maximum atomic E-state index is 2.62. The molecular weight excluding hydrogens is 801 g/mol. The first-order valence-electron chi connectivity index (χ1n) is 24.0. The van der Waals surface area contributed by atoms with Crippen molar-refractivity contribution in [1.29, 1.82) is 0 Å². The van der Waals surface area contributed by atoms with Crippen molar-refractivity contribution in [3.63, 3.8) is 0 Å². The highest BCUT2D eigenvalue weighted by molar-refractivity contribution is 5.63. The summed E-state index contributed by atoms with van der Waals surface area (Å²) in [4.78, 5) is 0. The summed E-state index contributed by atoms with van der Waals surface area (Å²) >= 11 is 0. The van der Waals surface area contributed by atoms with Gasteiger partial charge < -0.3 is 0 Å². The molecule has 4 heteroatoms. The molecule has 0 aliphatic rings. The van der Waals surface area contributed by atoms with Gasteiger partial charge in [0.15, 0.2) is 49.6 Å². The smallest absolute Gasteiger partial charge is 0.176 e. The van der Waals surface area contributed by atoms with Crippen LogP contribution in [0, 0.1) is 0 Å². The van der Waals surface area contributed by atoms with Crippen LogP contribution in [0.2, 0.25) is 0 Å². The topological polar surface area (TPSA) is 15.5 Å². The molecule has 0 amide bonds. The van der Waals surface area contributed by atoms with Gasteiger partial charge in [-0.15, -0.1) is 0 Å². The Bertz CT molecular complexity index is 2510. The van der Waals surface area contributed by atoms with E-state index in [0.29, 0.717) is 0 Å². The van der Waals surface area contributed by atoms with E-state index < -0.39 is 0 Å². The van der Waals surface area contributed by atoms with Crippen molar-refractivity contribution in [3.05, 3.63) is 254 Å². The molecule has 326 valence electrons. The Hall–Kier alpha value is -7.30. The Labute approximate surface area is 392 Å². The lowest BCUT2D eigenvalue weighted by Crippen LogP contribution is -2.33. The lowest BCUT2D eigenvalue weighted by atomic mass is 9.89. The normalized spacial score (nSPS) is 11.2. The number of hydrogen-bond acceptors (Lipinski definition) is 0. The minimum atomic E-state index is 0.979. The molecule has 4 heterocycles. The molecule has 0 fully saturated rings. The SMILES string of the molecule is c1ccc(-c2ccc[n+](CCCc3cc(CCC[n+]4cccc(-c5ccccc5)c4)c(CCC[n+]4cccc(-c5ccccc5)c4)cc3CCC[n+]3cccc(-c4ccccc4)c3)c2)cc1. The van der Waals surface area contributed by atoms with Crippen LogP contribution in [-0.4, -0.2) is 0 Å². The maximum absolute atomic E-state index is 2.62. The van der Waals surface area contributed by atoms with Crippen molar-refractivity contribution < 1.29 is 18.3 Å². The van der Waals surface area contributed by atoms with E-state index in [4.69, 9.17) is 0 Å². The minimum Gasteiger partial charge on any atom is -0.205 e. The average Bonchev–Trinajstić information content (AvgIpc) is 3.38. The average molecular weight is 863 g/mol. The fourth-order valence-corrected chi connectivity index (χ4v) is 9.38. The summed E-state index contributed by atoms with van der Waals surface area (Å²) in [5.41, 5.74) is 16.1. The van der Waals surface area contributed by atoms with Crippen LogP contribution >= 0.6 is 0 Å². The van der Waals surface area contributed by atoms with Gasteiger partial charge in [-0.2, -0.15) is 0 Å². The van der Waals surface area contributed by atoms with Gasteiger partial charge >= 0.3 is 0 Å². The molecule has 9 rings (SSSR count). The third kappa shape index (κ3) is 12.1. The molecule has 0 N–H and O–H groups in total. The summed E-state index contributed by atoms with van der Waals surface area (Å²) in [6.45, 7) is 3.92. The lowest BCUT2D eigenvalue weighted by Gasteiger charge is -2.17. The second-order valence-corrected chi connectivity index (χ2v) is 17.6. The largest absolute Gasteiger partial charge is 0.205 e. The van der Waals surface area contributed by atoms with Gasteiger partial charge in [-0.1, -0.05) is 133 Å². The fraction of sp³-hybridized carbons (Fsp3) is 0.194. The van der Waals surface area contributed by atoms with Crippen LogP contribution in [0.15, 0.2) is 232 Å². The van der Waals surface area contributed by atoms with E-state index in [1.165, 1.54) is 66.8 Å². The first-order valence-corrected chi connectivity index (χ1v) is 24.0. The zero-order chi connectivity index (χ0) is 44.6. The minimum absolute atomic E-state index is 0.979. The van der Waals surface area contributed by atoms with Gasteiger partial charge in [0.2, 0.25) is 0 Å². The van der Waals surface area contributed by atoms with Crippen LogP contribution in [0.1, 0.15) is 47.9 Å². The van der Waals surface area contributed by atoms with Crippen molar-refractivity contribution >= 4 is 0 Å². The highest BCUT2D eigenvalue weighted by Gasteiger charge is 2.16. The fourth-order valence-electron chi connectivity index (χ4n) is 9.38. The Morgan fingerprint density at radius 3 is 0.667 bits per heavy atom. The van der Waals surface area contributed by atoms with E-state index in [2.05, 4.69) is 250 Å². The molecule has 0 atom stereocenters. The van der Waals surface area contributed by atoms with E-state index in [1.54, 1.807) is 0 Å². The molecule has 0 saturated heterocycles. The van der Waals surface area contributed by atoms with Crippen molar-refractivity contribution in [1.82, 2.24) is 0 Å². The number of aromatic nitrogens is 4. The zero-order valence-electron chi connectivity index (χ0n) is 38.2. The molecule has 0 bridgehead atoms. The van der Waals surface area contributed by atoms with Gasteiger partial charge in [-0.05, 0) is 94.5 Å². The summed E-state index contributed by atoms with van der Waals surface area (Å²) in [6, 6.07) is 65.8. The van der Waals surface area contributed by atoms with Crippen molar-refractivity contribution in [2.75, 3.05) is 0 Å². The van der Waals surface area contributed by atoms with E-state index in [0.717, 1.165) is 77.5 Å². The van der Waals surface area contributed by atoms with E-state index in [9.17, 15) is 0 Å². The molecule has 0 aliphatic carbocycles. The predicted octanol–water partition coefficient (Wildman–Crippen LogP) is 12.0. The Morgan fingerprint density at radius 1 is 0.227 bits per heavy atom. The molecule has 5 aromatic carbocycles. The predicted molar refractivity (Wildman–Crippen MR) is 268 cm³/mol. The van der Waals surface area contributed by atoms with E-state index >= 15 is 0 Å². The van der Waals surface area contributed by atoms with Crippen LogP contribution in [0.3, 0.4) is 0 Å². The standard InChI is InChI=1S/C62H62N4/c1-5-21-51(22-6-1)59-33-17-41-63(47-59)37-13-29-55-45-57(31-15-39-65-43-19-35-61(49-65)53-25-9-3-10-26-53)58(32-16-40-66-44-20-36-62(50-66)54-27-11-4-12-28-54)46-56(55)30-14-38-64-42-18-34-60(48-64)52-23-7-2-8-24-52/h1-12,17-28,33-36,41-50H,13-16,29-32,37-40H2/q+4. The molecule has 0 saturated carbocycles. The molecule has 66 heavy (non-hydrogen) atoms. The molecule has 0 radical (unpaired) electrons. The maximum Gasteiger partial charge on any atom is 0.176 e. The second kappa shape index (κ2) is 22.5. The third-order valence-electron chi connectivity index (χ3n) is 12.8. The monoisotopic (exact) mass is 862 g/mol. The highest BCUT2D eigenvalue weighted by Crippen LogP contribution is 2.25. The number of aryl methyl sites for hydroxylation is 8. The van der Waals surface area contributed by atoms with Crippen LogP contribution in [0.5, 0.6) is 0 Å². The third-order valence-corrected chi connectivity index (χ3v) is 12.8. The number of benzene rings is 5. The van der Waals surface area contributed by atoms with Crippen molar-refractivity contribution in [2.24, 2.45) is 0 Å². The summed E-state index contributed by atoms with van der Waals surface area (Å²) in [6.07, 6.45) is 26.7. The van der Waals surface area contributed by atoms with Gasteiger partial charge in [0.1, 0.15) is 26.2 Å². The Balaban J connectivity index is 0.968. The first-order chi connectivity index (χ1) is 32.7. The summed E-state index contributed by atoms with van der Waals surface area (Å²) in [5.74, 6) is 0. The van der Waals surface area contributed by atoms with Gasteiger partial charge in [0.25, 0.3) is 0 Å². The second-order valence-electron chi connectivity index (χ2n) is 17.6. The number of nitrogens with zero attached hydrogens (tertiary/aromatic N) is 4. The van der Waals surface area contributed by atoms with Crippen LogP contribution < -0.4 is 18.3 Å². The van der Waals surface area contributed by atoms with Gasteiger partial charge in [0, 0.05) is 72.2 Å². The van der Waals surface area contributed by atoms with E-state index in [-0.39, 0.29) is 0 Å². The Morgan fingerprint density at radius 2 is 0.439 bits per heavy atom. The molecule has 0 spiro atoms. The van der Waals surface area contributed by atoms with Gasteiger partial charge in [-0.25, -0.2) is 18.3 Å². The lowest BCUT2D eigenvalue weighted by molar-refractivity contribution is -0.697. The summed E-state index contributed by atoms with van der Waals surface area (Å²) < 4.78 is 9.50. The van der Waals surface area contributed by atoms with Crippen LogP contribution in [-0.2, 0) is 51.9 Å². The summed E-state index contributed by atoms with van der Waals surface area (Å²) in [5, 5.41) is 0. The molecule has 9 aromatic rings. The molecule has 0 aliphatic heterocycles. The number of pyridine rings is 4. The molecule has 4 nitrogen and oxygen atoms in total. The van der Waals surface area contributed by atoms with Gasteiger partial charge in [0.05, 0.1) is 0 Å².